The van der Waals surface area contributed by atoms with Crippen LogP contribution in [0.1, 0.15) is 21.7 Å². The van der Waals surface area contributed by atoms with E-state index in [0.29, 0.717) is 28.6 Å². The van der Waals surface area contributed by atoms with Crippen LogP contribution in [-0.2, 0) is 6.54 Å². The minimum atomic E-state index is -0.168. The molecule has 6 heteroatoms. The number of imidazole rings is 1. The Bertz CT molecular complexity index is 884. The van der Waals surface area contributed by atoms with Crippen molar-refractivity contribution in [2.75, 3.05) is 19.0 Å². The second-order valence-corrected chi connectivity index (χ2v) is 6.30. The first-order chi connectivity index (χ1) is 11.5. The van der Waals surface area contributed by atoms with E-state index in [0.717, 1.165) is 11.3 Å². The number of hydrogen-bond donors (Lipinski definition) is 1. The molecule has 1 aromatic carbocycles. The number of carbonyl (C=O) groups excluding carboxylic acids is 1. The fourth-order valence-corrected chi connectivity index (χ4v) is 2.75. The van der Waals surface area contributed by atoms with Crippen LogP contribution in [0.2, 0.25) is 5.02 Å². The molecule has 3 rings (SSSR count). The summed E-state index contributed by atoms with van der Waals surface area (Å²) in [6.07, 6.45) is 1.71. The van der Waals surface area contributed by atoms with Crippen LogP contribution in [0.5, 0.6) is 0 Å². The molecule has 0 fully saturated rings. The van der Waals surface area contributed by atoms with Gasteiger partial charge in [0.05, 0.1) is 10.7 Å². The first-order valence-electron chi connectivity index (χ1n) is 7.64. The first-order valence-corrected chi connectivity index (χ1v) is 8.02. The summed E-state index contributed by atoms with van der Waals surface area (Å²) in [5.74, 6) is -0.168. The van der Waals surface area contributed by atoms with Gasteiger partial charge in [0.15, 0.2) is 0 Å². The lowest BCUT2D eigenvalue weighted by Crippen LogP contribution is -2.25. The number of pyridine rings is 1. The maximum absolute atomic E-state index is 12.6. The molecule has 24 heavy (non-hydrogen) atoms. The highest BCUT2D eigenvalue weighted by Gasteiger charge is 2.16. The second-order valence-electron chi connectivity index (χ2n) is 5.86. The van der Waals surface area contributed by atoms with E-state index >= 15 is 0 Å². The Morgan fingerprint density at radius 1 is 1.21 bits per heavy atom. The van der Waals surface area contributed by atoms with Gasteiger partial charge in [0, 0.05) is 32.5 Å². The number of benzene rings is 1. The zero-order valence-corrected chi connectivity index (χ0v) is 14.6. The van der Waals surface area contributed by atoms with Crippen molar-refractivity contribution in [3.05, 3.63) is 64.6 Å². The molecule has 2 heterocycles. The van der Waals surface area contributed by atoms with Gasteiger partial charge in [-0.2, -0.15) is 0 Å². The highest BCUT2D eigenvalue weighted by atomic mass is 35.5. The standard InChI is InChI=1S/C18H19ClN4O/c1-12-17(23-11-14(19)6-9-16(23)21-12)18(24)20-10-13-4-7-15(8-5-13)22(2)3/h4-9,11H,10H2,1-3H3,(H,20,24). The Hall–Kier alpha value is -2.53. The van der Waals surface area contributed by atoms with Crippen LogP contribution < -0.4 is 10.2 Å². The molecule has 5 nitrogen and oxygen atoms in total. The summed E-state index contributed by atoms with van der Waals surface area (Å²) in [5, 5.41) is 3.51. The van der Waals surface area contributed by atoms with Gasteiger partial charge in [0.2, 0.25) is 0 Å². The number of anilines is 1. The minimum Gasteiger partial charge on any atom is -0.378 e. The summed E-state index contributed by atoms with van der Waals surface area (Å²) in [4.78, 5) is 19.0. The smallest absolute Gasteiger partial charge is 0.270 e. The quantitative estimate of drug-likeness (QED) is 0.791. The zero-order valence-electron chi connectivity index (χ0n) is 13.9. The number of aromatic nitrogens is 2. The van der Waals surface area contributed by atoms with Crippen molar-refractivity contribution in [2.24, 2.45) is 0 Å². The predicted octanol–water partition coefficient (Wildman–Crippen LogP) is 3.29. The fourth-order valence-electron chi connectivity index (χ4n) is 2.59. The third-order valence-electron chi connectivity index (χ3n) is 3.88. The molecule has 124 valence electrons. The van der Waals surface area contributed by atoms with Crippen molar-refractivity contribution in [1.29, 1.82) is 0 Å². The average molecular weight is 343 g/mol. The Balaban J connectivity index is 1.78. The van der Waals surface area contributed by atoms with Gasteiger partial charge in [-0.25, -0.2) is 4.98 Å². The number of amides is 1. The van der Waals surface area contributed by atoms with Crippen LogP contribution in [0, 0.1) is 6.92 Å². The number of rotatable bonds is 4. The number of halogens is 1. The fraction of sp³-hybridized carbons (Fsp3) is 0.222. The van der Waals surface area contributed by atoms with E-state index in [-0.39, 0.29) is 5.91 Å². The van der Waals surface area contributed by atoms with E-state index in [4.69, 9.17) is 11.6 Å². The van der Waals surface area contributed by atoms with Crippen molar-refractivity contribution >= 4 is 28.8 Å². The molecule has 0 spiro atoms. The Kier molecular flexibility index (Phi) is 4.44. The summed E-state index contributed by atoms with van der Waals surface area (Å²) >= 11 is 6.03. The van der Waals surface area contributed by atoms with E-state index < -0.39 is 0 Å². The molecule has 0 bridgehead atoms. The van der Waals surface area contributed by atoms with Gasteiger partial charge >= 0.3 is 0 Å². The van der Waals surface area contributed by atoms with Crippen molar-refractivity contribution in [2.45, 2.75) is 13.5 Å². The minimum absolute atomic E-state index is 0.168. The van der Waals surface area contributed by atoms with Gasteiger partial charge in [-0.15, -0.1) is 0 Å². The molecule has 0 radical (unpaired) electrons. The predicted molar refractivity (Wildman–Crippen MR) is 96.9 cm³/mol. The molecule has 0 aliphatic rings. The van der Waals surface area contributed by atoms with E-state index in [1.54, 1.807) is 22.7 Å². The van der Waals surface area contributed by atoms with Gasteiger partial charge in [0.1, 0.15) is 11.3 Å². The van der Waals surface area contributed by atoms with Gasteiger partial charge in [-0.1, -0.05) is 23.7 Å². The van der Waals surface area contributed by atoms with E-state index in [1.807, 2.05) is 50.2 Å². The lowest BCUT2D eigenvalue weighted by Gasteiger charge is -2.13. The maximum Gasteiger partial charge on any atom is 0.270 e. The monoisotopic (exact) mass is 342 g/mol. The highest BCUT2D eigenvalue weighted by Crippen LogP contribution is 2.17. The van der Waals surface area contributed by atoms with E-state index in [1.165, 1.54) is 0 Å². The SMILES string of the molecule is Cc1nc2ccc(Cl)cn2c1C(=O)NCc1ccc(N(C)C)cc1. The summed E-state index contributed by atoms with van der Waals surface area (Å²) in [5.41, 5.74) is 4.06. The number of fused-ring (bicyclic) bond motifs is 1. The zero-order chi connectivity index (χ0) is 17.3. The van der Waals surface area contributed by atoms with Crippen LogP contribution in [-0.4, -0.2) is 29.4 Å². The van der Waals surface area contributed by atoms with Crippen molar-refractivity contribution < 1.29 is 4.79 Å². The first kappa shape index (κ1) is 16.3. The van der Waals surface area contributed by atoms with Crippen molar-refractivity contribution in [1.82, 2.24) is 14.7 Å². The lowest BCUT2D eigenvalue weighted by molar-refractivity contribution is 0.0944. The third kappa shape index (κ3) is 3.21. The van der Waals surface area contributed by atoms with Gasteiger partial charge < -0.3 is 10.2 Å². The normalized spacial score (nSPS) is 10.8. The molecule has 2 aromatic heterocycles. The van der Waals surface area contributed by atoms with E-state index in [2.05, 4.69) is 10.3 Å². The third-order valence-corrected chi connectivity index (χ3v) is 4.10. The maximum atomic E-state index is 12.6. The molecule has 0 aliphatic heterocycles. The van der Waals surface area contributed by atoms with Gasteiger partial charge in [-0.05, 0) is 36.8 Å². The second kappa shape index (κ2) is 6.53. The number of carbonyl (C=O) groups is 1. The van der Waals surface area contributed by atoms with Gasteiger partial charge in [0.25, 0.3) is 5.91 Å². The average Bonchev–Trinajstić information content (AvgIpc) is 2.88. The number of nitrogens with one attached hydrogen (secondary N) is 1. The van der Waals surface area contributed by atoms with Crippen LogP contribution in [0.25, 0.3) is 5.65 Å². The lowest BCUT2D eigenvalue weighted by atomic mass is 10.2. The number of aryl methyl sites for hydroxylation is 1. The van der Waals surface area contributed by atoms with Crippen molar-refractivity contribution in [3.63, 3.8) is 0 Å². The molecule has 0 aliphatic carbocycles. The van der Waals surface area contributed by atoms with Crippen LogP contribution in [0.4, 0.5) is 5.69 Å². The molecule has 1 amide bonds. The molecular weight excluding hydrogens is 324 g/mol. The molecule has 3 aromatic rings. The Morgan fingerprint density at radius 3 is 2.58 bits per heavy atom. The number of hydrogen-bond acceptors (Lipinski definition) is 3. The summed E-state index contributed by atoms with van der Waals surface area (Å²) < 4.78 is 1.72. The molecule has 0 saturated heterocycles. The Morgan fingerprint density at radius 2 is 1.92 bits per heavy atom. The molecule has 1 N–H and O–H groups in total. The number of nitrogens with zero attached hydrogens (tertiary/aromatic N) is 3. The summed E-state index contributed by atoms with van der Waals surface area (Å²) in [7, 11) is 3.99. The molecule has 0 unspecified atom stereocenters. The highest BCUT2D eigenvalue weighted by molar-refractivity contribution is 6.30. The largest absolute Gasteiger partial charge is 0.378 e. The summed E-state index contributed by atoms with van der Waals surface area (Å²) in [6, 6.07) is 11.6. The summed E-state index contributed by atoms with van der Waals surface area (Å²) in [6.45, 7) is 2.28. The van der Waals surface area contributed by atoms with Crippen LogP contribution >= 0.6 is 11.6 Å². The van der Waals surface area contributed by atoms with Crippen molar-refractivity contribution in [3.8, 4) is 0 Å². The Labute approximate surface area is 145 Å². The molecule has 0 saturated carbocycles. The molecule has 0 atom stereocenters. The van der Waals surface area contributed by atoms with Crippen LogP contribution in [0.15, 0.2) is 42.6 Å². The molecular formula is C18H19ClN4O. The van der Waals surface area contributed by atoms with Crippen LogP contribution in [0.3, 0.4) is 0 Å². The van der Waals surface area contributed by atoms with E-state index in [9.17, 15) is 4.79 Å². The topological polar surface area (TPSA) is 49.6 Å². The van der Waals surface area contributed by atoms with Gasteiger partial charge in [-0.3, -0.25) is 9.20 Å².